The number of carbonyl (C=O) groups excluding carboxylic acids is 3. The van der Waals surface area contributed by atoms with Gasteiger partial charge in [0.1, 0.15) is 5.75 Å². The number of anilines is 2. The van der Waals surface area contributed by atoms with Crippen molar-refractivity contribution in [3.05, 3.63) is 48.5 Å². The zero-order valence-electron chi connectivity index (χ0n) is 16.3. The van der Waals surface area contributed by atoms with Gasteiger partial charge in [0.2, 0.25) is 23.7 Å². The Labute approximate surface area is 172 Å². The molecule has 1 aliphatic heterocycles. The quantitative estimate of drug-likeness (QED) is 0.575. The van der Waals surface area contributed by atoms with Gasteiger partial charge in [0.05, 0.1) is 30.6 Å². The lowest BCUT2D eigenvalue weighted by Gasteiger charge is -2.17. The van der Waals surface area contributed by atoms with Crippen molar-refractivity contribution in [2.75, 3.05) is 30.4 Å². The molecule has 0 radical (unpaired) electrons. The Morgan fingerprint density at radius 3 is 2.70 bits per heavy atom. The van der Waals surface area contributed by atoms with E-state index in [-0.39, 0.29) is 31.3 Å². The third kappa shape index (κ3) is 4.09. The molecule has 0 aliphatic carbocycles. The van der Waals surface area contributed by atoms with Crippen LogP contribution in [0.2, 0.25) is 0 Å². The molecule has 1 unspecified atom stereocenters. The normalized spacial score (nSPS) is 16.0. The summed E-state index contributed by atoms with van der Waals surface area (Å²) in [7, 11) is 1.57. The van der Waals surface area contributed by atoms with Crippen LogP contribution in [-0.4, -0.2) is 47.9 Å². The van der Waals surface area contributed by atoms with E-state index < -0.39 is 11.8 Å². The van der Waals surface area contributed by atoms with E-state index in [0.29, 0.717) is 17.4 Å². The van der Waals surface area contributed by atoms with Crippen molar-refractivity contribution >= 4 is 40.4 Å². The number of amides is 3. The van der Waals surface area contributed by atoms with E-state index >= 15 is 0 Å². The van der Waals surface area contributed by atoms with Crippen LogP contribution in [0.3, 0.4) is 0 Å². The second-order valence-electron chi connectivity index (χ2n) is 6.97. The third-order valence-electron chi connectivity index (χ3n) is 4.95. The van der Waals surface area contributed by atoms with E-state index in [4.69, 9.17) is 4.74 Å². The first-order valence-electron chi connectivity index (χ1n) is 9.50. The Hall–Kier alpha value is -3.88. The minimum atomic E-state index is -0.515. The standard InChI is InChI=1S/C21H21N5O4/c1-30-15-8-6-14(7-9-15)26-12-13(10-19(26)28)20(29)22-11-18(27)25-21-23-16-4-2-3-5-17(16)24-21/h2-9,13H,10-12H2,1H3,(H,22,29)(H2,23,24,25,27). The van der Waals surface area contributed by atoms with Gasteiger partial charge < -0.3 is 19.9 Å². The molecule has 1 atom stereocenters. The lowest BCUT2D eigenvalue weighted by Crippen LogP contribution is -2.38. The second-order valence-corrected chi connectivity index (χ2v) is 6.97. The smallest absolute Gasteiger partial charge is 0.246 e. The Bertz CT molecular complexity index is 1060. The average Bonchev–Trinajstić information content (AvgIpc) is 3.35. The number of ether oxygens (including phenoxy) is 1. The summed E-state index contributed by atoms with van der Waals surface area (Å²) in [6.45, 7) is 0.0608. The molecule has 30 heavy (non-hydrogen) atoms. The molecular formula is C21H21N5O4. The van der Waals surface area contributed by atoms with Crippen LogP contribution in [0.25, 0.3) is 11.0 Å². The van der Waals surface area contributed by atoms with Crippen LogP contribution < -0.4 is 20.3 Å². The van der Waals surface area contributed by atoms with E-state index in [1.165, 1.54) is 0 Å². The summed E-state index contributed by atoms with van der Waals surface area (Å²) in [6.07, 6.45) is 0.100. The second kappa shape index (κ2) is 8.24. The summed E-state index contributed by atoms with van der Waals surface area (Å²) in [4.78, 5) is 45.7. The fraction of sp³-hybridized carbons (Fsp3) is 0.238. The Kier molecular flexibility index (Phi) is 5.34. The maximum absolute atomic E-state index is 12.5. The van der Waals surface area contributed by atoms with E-state index in [2.05, 4.69) is 20.6 Å². The van der Waals surface area contributed by atoms with Crippen LogP contribution in [0.15, 0.2) is 48.5 Å². The van der Waals surface area contributed by atoms with Crippen LogP contribution >= 0.6 is 0 Å². The SMILES string of the molecule is COc1ccc(N2CC(C(=O)NCC(=O)Nc3nc4ccccc4[nH]3)CC2=O)cc1. The van der Waals surface area contributed by atoms with Crippen LogP contribution in [0.1, 0.15) is 6.42 Å². The molecule has 3 aromatic rings. The first kappa shape index (κ1) is 19.4. The number of hydrogen-bond donors (Lipinski definition) is 3. The van der Waals surface area contributed by atoms with Crippen molar-refractivity contribution in [1.82, 2.24) is 15.3 Å². The molecule has 1 fully saturated rings. The lowest BCUT2D eigenvalue weighted by atomic mass is 10.1. The minimum absolute atomic E-state index is 0.100. The number of methoxy groups -OCH3 is 1. The Morgan fingerprint density at radius 2 is 1.97 bits per heavy atom. The van der Waals surface area contributed by atoms with Crippen LogP contribution in [0.5, 0.6) is 5.75 Å². The monoisotopic (exact) mass is 407 g/mol. The van der Waals surface area contributed by atoms with Gasteiger partial charge in [-0.3, -0.25) is 19.7 Å². The Balaban J connectivity index is 1.30. The molecule has 1 aromatic heterocycles. The molecule has 9 nitrogen and oxygen atoms in total. The van der Waals surface area contributed by atoms with Crippen molar-refractivity contribution in [3.63, 3.8) is 0 Å². The van der Waals surface area contributed by atoms with E-state index in [0.717, 1.165) is 11.0 Å². The van der Waals surface area contributed by atoms with E-state index in [1.807, 2.05) is 24.3 Å². The fourth-order valence-corrected chi connectivity index (χ4v) is 3.39. The van der Waals surface area contributed by atoms with Crippen molar-refractivity contribution in [2.45, 2.75) is 6.42 Å². The largest absolute Gasteiger partial charge is 0.497 e. The van der Waals surface area contributed by atoms with Gasteiger partial charge in [0.15, 0.2) is 0 Å². The molecule has 4 rings (SSSR count). The van der Waals surface area contributed by atoms with Crippen molar-refractivity contribution in [2.24, 2.45) is 5.92 Å². The van der Waals surface area contributed by atoms with Gasteiger partial charge in [-0.1, -0.05) is 12.1 Å². The molecular weight excluding hydrogens is 386 g/mol. The van der Waals surface area contributed by atoms with E-state index in [1.54, 1.807) is 36.3 Å². The molecule has 1 saturated heterocycles. The van der Waals surface area contributed by atoms with Gasteiger partial charge in [-0.2, -0.15) is 0 Å². The number of carbonyl (C=O) groups is 3. The molecule has 1 aliphatic rings. The highest BCUT2D eigenvalue weighted by atomic mass is 16.5. The molecule has 9 heteroatoms. The van der Waals surface area contributed by atoms with Gasteiger partial charge in [0.25, 0.3) is 0 Å². The molecule has 2 heterocycles. The zero-order valence-corrected chi connectivity index (χ0v) is 16.3. The number of aromatic nitrogens is 2. The van der Waals surface area contributed by atoms with Gasteiger partial charge in [0, 0.05) is 18.7 Å². The van der Waals surface area contributed by atoms with Crippen molar-refractivity contribution in [3.8, 4) is 5.75 Å². The van der Waals surface area contributed by atoms with Crippen molar-refractivity contribution < 1.29 is 19.1 Å². The molecule has 154 valence electrons. The first-order chi connectivity index (χ1) is 14.5. The topological polar surface area (TPSA) is 116 Å². The number of nitrogens with one attached hydrogen (secondary N) is 3. The predicted octanol–water partition coefficient (Wildman–Crippen LogP) is 1.68. The van der Waals surface area contributed by atoms with Crippen LogP contribution in [0.4, 0.5) is 11.6 Å². The summed E-state index contributed by atoms with van der Waals surface area (Å²) in [5.41, 5.74) is 2.25. The summed E-state index contributed by atoms with van der Waals surface area (Å²) in [5, 5.41) is 5.22. The molecule has 3 amide bonds. The number of imidazole rings is 1. The fourth-order valence-electron chi connectivity index (χ4n) is 3.39. The molecule has 3 N–H and O–H groups in total. The number of nitrogens with zero attached hydrogens (tertiary/aromatic N) is 2. The maximum Gasteiger partial charge on any atom is 0.246 e. The highest BCUT2D eigenvalue weighted by Gasteiger charge is 2.35. The molecule has 0 spiro atoms. The number of aromatic amines is 1. The zero-order chi connectivity index (χ0) is 21.1. The van der Waals surface area contributed by atoms with Gasteiger partial charge in [-0.05, 0) is 36.4 Å². The van der Waals surface area contributed by atoms with Crippen molar-refractivity contribution in [1.29, 1.82) is 0 Å². The maximum atomic E-state index is 12.5. The summed E-state index contributed by atoms with van der Waals surface area (Å²) in [5.74, 6) is -0.379. The van der Waals surface area contributed by atoms with Gasteiger partial charge in [-0.15, -0.1) is 0 Å². The van der Waals surface area contributed by atoms with E-state index in [9.17, 15) is 14.4 Å². The number of fused-ring (bicyclic) bond motifs is 1. The highest BCUT2D eigenvalue weighted by Crippen LogP contribution is 2.26. The highest BCUT2D eigenvalue weighted by molar-refractivity contribution is 6.01. The first-order valence-corrected chi connectivity index (χ1v) is 9.50. The minimum Gasteiger partial charge on any atom is -0.497 e. The Morgan fingerprint density at radius 1 is 1.20 bits per heavy atom. The molecule has 0 bridgehead atoms. The predicted molar refractivity (Wildman–Crippen MR) is 111 cm³/mol. The number of hydrogen-bond acceptors (Lipinski definition) is 5. The number of benzene rings is 2. The van der Waals surface area contributed by atoms with Gasteiger partial charge in [-0.25, -0.2) is 4.98 Å². The summed E-state index contributed by atoms with van der Waals surface area (Å²) in [6, 6.07) is 14.5. The van der Waals surface area contributed by atoms with Crippen LogP contribution in [0, 0.1) is 5.92 Å². The lowest BCUT2D eigenvalue weighted by molar-refractivity contribution is -0.127. The molecule has 2 aromatic carbocycles. The number of para-hydroxylation sites is 2. The number of rotatable bonds is 6. The van der Waals surface area contributed by atoms with Crippen LogP contribution in [-0.2, 0) is 14.4 Å². The average molecular weight is 407 g/mol. The summed E-state index contributed by atoms with van der Waals surface area (Å²) < 4.78 is 5.12. The van der Waals surface area contributed by atoms with Gasteiger partial charge >= 0.3 is 0 Å². The number of H-pyrrole nitrogens is 1. The molecule has 0 saturated carbocycles. The summed E-state index contributed by atoms with van der Waals surface area (Å²) >= 11 is 0. The third-order valence-corrected chi connectivity index (χ3v) is 4.95.